The van der Waals surface area contributed by atoms with Crippen LogP contribution in [0.5, 0.6) is 0 Å². The summed E-state index contributed by atoms with van der Waals surface area (Å²) in [6.45, 7) is 2.90. The summed E-state index contributed by atoms with van der Waals surface area (Å²) in [6.07, 6.45) is 4.25. The zero-order chi connectivity index (χ0) is 8.39. The number of rotatable bonds is 2. The van der Waals surface area contributed by atoms with Crippen molar-refractivity contribution in [2.24, 2.45) is 0 Å². The molecule has 5 heteroatoms. The first-order valence-electron chi connectivity index (χ1n) is 3.92. The average Bonchev–Trinajstić information content (AvgIpc) is 2.47. The van der Waals surface area contributed by atoms with Crippen LogP contribution in [0, 0.1) is 0 Å². The summed E-state index contributed by atoms with van der Waals surface area (Å²) >= 11 is 0. The predicted molar refractivity (Wildman–Crippen MR) is 43.4 cm³/mol. The van der Waals surface area contributed by atoms with Gasteiger partial charge < -0.3 is 0 Å². The molecule has 0 N–H and O–H groups in total. The Morgan fingerprint density at radius 3 is 2.25 bits per heavy atom. The summed E-state index contributed by atoms with van der Waals surface area (Å²) < 4.78 is 0. The molecule has 0 amide bonds. The molecule has 2 rings (SSSR count). The highest BCUT2D eigenvalue weighted by Crippen LogP contribution is 1.99. The van der Waals surface area contributed by atoms with Crippen LogP contribution in [0.3, 0.4) is 0 Å². The molecular formula is C7H9N5. The molecule has 2 heterocycles. The van der Waals surface area contributed by atoms with Gasteiger partial charge in [-0.3, -0.25) is 0 Å². The number of aryl methyl sites for hydroxylation is 1. The highest BCUT2D eigenvalue weighted by atomic mass is 15.5. The molecule has 0 fully saturated rings. The Bertz CT molecular complexity index is 347. The van der Waals surface area contributed by atoms with E-state index in [0.29, 0.717) is 11.3 Å². The molecule has 2 aromatic heterocycles. The number of fused-ring (bicyclic) bond motifs is 1. The van der Waals surface area contributed by atoms with Gasteiger partial charge in [0.2, 0.25) is 11.3 Å². The van der Waals surface area contributed by atoms with Gasteiger partial charge in [-0.05, 0) is 6.42 Å². The summed E-state index contributed by atoms with van der Waals surface area (Å²) in [7, 11) is 0. The summed E-state index contributed by atoms with van der Waals surface area (Å²) in [5, 5.41) is 8.27. The molecule has 62 valence electrons. The molecule has 0 unspecified atom stereocenters. The van der Waals surface area contributed by atoms with Gasteiger partial charge in [-0.1, -0.05) is 6.92 Å². The third-order valence-electron chi connectivity index (χ3n) is 1.50. The molecule has 0 saturated heterocycles. The van der Waals surface area contributed by atoms with Crippen molar-refractivity contribution < 1.29 is 0 Å². The third kappa shape index (κ3) is 1.13. The first-order chi connectivity index (χ1) is 5.90. The van der Waals surface area contributed by atoms with Gasteiger partial charge in [-0.2, -0.15) is 4.80 Å². The van der Waals surface area contributed by atoms with E-state index in [1.807, 2.05) is 0 Å². The minimum Gasteiger partial charge on any atom is -0.231 e. The monoisotopic (exact) mass is 163 g/mol. The zero-order valence-corrected chi connectivity index (χ0v) is 6.80. The van der Waals surface area contributed by atoms with E-state index in [1.54, 1.807) is 17.2 Å². The van der Waals surface area contributed by atoms with E-state index in [2.05, 4.69) is 27.1 Å². The van der Waals surface area contributed by atoms with Gasteiger partial charge >= 0.3 is 0 Å². The predicted octanol–water partition coefficient (Wildman–Crippen LogP) is 0.631. The lowest BCUT2D eigenvalue weighted by Crippen LogP contribution is -2.00. The van der Waals surface area contributed by atoms with Gasteiger partial charge in [0.15, 0.2) is 0 Å². The standard InChI is InChI=1S/C7H9N5/c1-2-5-12-10-6-7(11-12)9-4-3-8-6/h3-4H,2,5H2,1H3. The van der Waals surface area contributed by atoms with Crippen LogP contribution >= 0.6 is 0 Å². The smallest absolute Gasteiger partial charge is 0.221 e. The van der Waals surface area contributed by atoms with Crippen LogP contribution < -0.4 is 0 Å². The van der Waals surface area contributed by atoms with Crippen molar-refractivity contribution in [3.8, 4) is 0 Å². The third-order valence-corrected chi connectivity index (χ3v) is 1.50. The van der Waals surface area contributed by atoms with Gasteiger partial charge in [-0.15, -0.1) is 10.2 Å². The van der Waals surface area contributed by atoms with Crippen molar-refractivity contribution in [2.45, 2.75) is 19.9 Å². The van der Waals surface area contributed by atoms with Crippen LogP contribution in [0.4, 0.5) is 0 Å². The first-order valence-corrected chi connectivity index (χ1v) is 3.92. The Balaban J connectivity index is 2.47. The molecule has 0 aromatic carbocycles. The maximum absolute atomic E-state index is 4.13. The normalized spacial score (nSPS) is 10.8. The van der Waals surface area contributed by atoms with Crippen molar-refractivity contribution in [2.75, 3.05) is 0 Å². The maximum atomic E-state index is 4.13. The number of hydrogen-bond donors (Lipinski definition) is 0. The summed E-state index contributed by atoms with van der Waals surface area (Å²) in [5.74, 6) is 0. The second-order valence-corrected chi connectivity index (χ2v) is 2.50. The molecule has 12 heavy (non-hydrogen) atoms. The Morgan fingerprint density at radius 2 is 1.75 bits per heavy atom. The average molecular weight is 163 g/mol. The number of nitrogens with zero attached hydrogens (tertiary/aromatic N) is 5. The molecule has 0 aliphatic heterocycles. The van der Waals surface area contributed by atoms with Crippen molar-refractivity contribution >= 4 is 11.3 Å². The van der Waals surface area contributed by atoms with Gasteiger partial charge in [0.05, 0.1) is 6.54 Å². The fraction of sp³-hybridized carbons (Fsp3) is 0.429. The summed E-state index contributed by atoms with van der Waals surface area (Å²) in [5.41, 5.74) is 1.23. The van der Waals surface area contributed by atoms with Gasteiger partial charge in [-0.25, -0.2) is 9.97 Å². The lowest BCUT2D eigenvalue weighted by Gasteiger charge is -1.90. The SMILES string of the molecule is CCCn1nc2nccnc2n1. The van der Waals surface area contributed by atoms with Gasteiger partial charge in [0, 0.05) is 12.4 Å². The van der Waals surface area contributed by atoms with Crippen LogP contribution in [0.2, 0.25) is 0 Å². The van der Waals surface area contributed by atoms with Gasteiger partial charge in [0.1, 0.15) is 0 Å². The Labute approximate surface area is 69.4 Å². The van der Waals surface area contributed by atoms with Crippen LogP contribution in [0.15, 0.2) is 12.4 Å². The first kappa shape index (κ1) is 7.15. The minimum absolute atomic E-state index is 0.617. The Morgan fingerprint density at radius 1 is 1.17 bits per heavy atom. The fourth-order valence-corrected chi connectivity index (χ4v) is 1.01. The molecule has 0 aliphatic carbocycles. The summed E-state index contributed by atoms with van der Waals surface area (Å²) in [4.78, 5) is 9.68. The van der Waals surface area contributed by atoms with E-state index in [-0.39, 0.29) is 0 Å². The molecular weight excluding hydrogens is 154 g/mol. The van der Waals surface area contributed by atoms with Crippen LogP contribution in [0.25, 0.3) is 11.3 Å². The molecule has 0 saturated carbocycles. The second kappa shape index (κ2) is 2.84. The van der Waals surface area contributed by atoms with E-state index < -0.39 is 0 Å². The van der Waals surface area contributed by atoms with E-state index >= 15 is 0 Å². The Hall–Kier alpha value is -1.52. The van der Waals surface area contributed by atoms with E-state index in [9.17, 15) is 0 Å². The van der Waals surface area contributed by atoms with Crippen molar-refractivity contribution in [3.63, 3.8) is 0 Å². The van der Waals surface area contributed by atoms with Crippen LogP contribution in [0.1, 0.15) is 13.3 Å². The Kier molecular flexibility index (Phi) is 1.69. The topological polar surface area (TPSA) is 56.5 Å². The largest absolute Gasteiger partial charge is 0.231 e. The lowest BCUT2D eigenvalue weighted by molar-refractivity contribution is 0.534. The summed E-state index contributed by atoms with van der Waals surface area (Å²) in [6, 6.07) is 0. The second-order valence-electron chi connectivity index (χ2n) is 2.50. The molecule has 0 radical (unpaired) electrons. The zero-order valence-electron chi connectivity index (χ0n) is 6.80. The highest BCUT2D eigenvalue weighted by molar-refractivity contribution is 5.62. The van der Waals surface area contributed by atoms with Crippen LogP contribution in [-0.4, -0.2) is 25.0 Å². The quantitative estimate of drug-likeness (QED) is 0.651. The number of aromatic nitrogens is 5. The maximum Gasteiger partial charge on any atom is 0.221 e. The van der Waals surface area contributed by atoms with E-state index in [0.717, 1.165) is 13.0 Å². The van der Waals surface area contributed by atoms with Crippen molar-refractivity contribution in [1.82, 2.24) is 25.0 Å². The lowest BCUT2D eigenvalue weighted by atomic mass is 10.5. The van der Waals surface area contributed by atoms with Crippen LogP contribution in [-0.2, 0) is 6.54 Å². The molecule has 2 aromatic rings. The molecule has 0 atom stereocenters. The van der Waals surface area contributed by atoms with E-state index in [4.69, 9.17) is 0 Å². The van der Waals surface area contributed by atoms with Gasteiger partial charge in [0.25, 0.3) is 0 Å². The molecule has 5 nitrogen and oxygen atoms in total. The van der Waals surface area contributed by atoms with Crippen molar-refractivity contribution in [1.29, 1.82) is 0 Å². The number of hydrogen-bond acceptors (Lipinski definition) is 4. The highest BCUT2D eigenvalue weighted by Gasteiger charge is 2.01. The molecule has 0 bridgehead atoms. The van der Waals surface area contributed by atoms with Crippen molar-refractivity contribution in [3.05, 3.63) is 12.4 Å². The van der Waals surface area contributed by atoms with E-state index in [1.165, 1.54) is 0 Å². The minimum atomic E-state index is 0.617. The fourth-order valence-electron chi connectivity index (χ4n) is 1.01. The molecule has 0 aliphatic rings. The molecule has 0 spiro atoms.